The van der Waals surface area contributed by atoms with Crippen LogP contribution in [0.15, 0.2) is 30.3 Å². The Bertz CT molecular complexity index is 353. The van der Waals surface area contributed by atoms with Gasteiger partial charge in [-0.3, -0.25) is 0 Å². The Morgan fingerprint density at radius 2 is 2.12 bits per heavy atom. The summed E-state index contributed by atoms with van der Waals surface area (Å²) in [5, 5.41) is 0. The lowest BCUT2D eigenvalue weighted by molar-refractivity contribution is 0.105. The van der Waals surface area contributed by atoms with Crippen LogP contribution < -0.4 is 4.74 Å². The first-order valence-electron chi connectivity index (χ1n) is 5.34. The van der Waals surface area contributed by atoms with Gasteiger partial charge in [-0.25, -0.2) is 4.79 Å². The Labute approximate surface area is 94.8 Å². The second-order valence-corrected chi connectivity index (χ2v) is 3.77. The van der Waals surface area contributed by atoms with Crippen LogP contribution in [0.2, 0.25) is 0 Å². The molecule has 0 saturated carbocycles. The fraction of sp³-hybridized carbons (Fsp3) is 0.417. The van der Waals surface area contributed by atoms with E-state index in [0.29, 0.717) is 18.8 Å². The Morgan fingerprint density at radius 1 is 1.38 bits per heavy atom. The number of carbonyl (C=O) groups is 1. The highest BCUT2D eigenvalue weighted by molar-refractivity contribution is 5.71. The van der Waals surface area contributed by atoms with Gasteiger partial charge in [-0.1, -0.05) is 18.2 Å². The van der Waals surface area contributed by atoms with Gasteiger partial charge in [-0.2, -0.15) is 0 Å². The van der Waals surface area contributed by atoms with Gasteiger partial charge in [0.15, 0.2) is 0 Å². The van der Waals surface area contributed by atoms with E-state index in [2.05, 4.69) is 0 Å². The molecule has 1 aromatic carbocycles. The number of nitrogens with zero attached hydrogens (tertiary/aromatic N) is 1. The van der Waals surface area contributed by atoms with Gasteiger partial charge in [-0.15, -0.1) is 0 Å². The van der Waals surface area contributed by atoms with Crippen LogP contribution in [-0.2, 0) is 4.74 Å². The third kappa shape index (κ3) is 2.52. The van der Waals surface area contributed by atoms with E-state index in [0.717, 1.165) is 6.42 Å². The van der Waals surface area contributed by atoms with Gasteiger partial charge < -0.3 is 14.4 Å². The number of methoxy groups -OCH3 is 1. The lowest BCUT2D eigenvalue weighted by Gasteiger charge is -2.15. The molecule has 0 aromatic heterocycles. The Kier molecular flexibility index (Phi) is 3.41. The fourth-order valence-corrected chi connectivity index (χ4v) is 1.74. The predicted molar refractivity (Wildman–Crippen MR) is 59.5 cm³/mol. The average Bonchev–Trinajstić information content (AvgIpc) is 2.79. The summed E-state index contributed by atoms with van der Waals surface area (Å²) in [7, 11) is 1.66. The minimum atomic E-state index is -0.300. The first kappa shape index (κ1) is 11.0. The first-order chi connectivity index (χ1) is 7.79. The van der Waals surface area contributed by atoms with E-state index in [-0.39, 0.29) is 12.2 Å². The molecule has 1 saturated heterocycles. The van der Waals surface area contributed by atoms with Crippen molar-refractivity contribution in [3.63, 3.8) is 0 Å². The van der Waals surface area contributed by atoms with Crippen molar-refractivity contribution < 1.29 is 14.3 Å². The Morgan fingerprint density at radius 3 is 2.75 bits per heavy atom. The molecule has 0 spiro atoms. The SMILES string of the molecule is COC1CCN(C(=O)Oc2ccccc2)C1. The van der Waals surface area contributed by atoms with Crippen LogP contribution in [0.4, 0.5) is 4.79 Å². The molecule has 0 radical (unpaired) electrons. The largest absolute Gasteiger partial charge is 0.415 e. The number of hydrogen-bond acceptors (Lipinski definition) is 3. The highest BCUT2D eigenvalue weighted by atomic mass is 16.6. The number of hydrogen-bond donors (Lipinski definition) is 0. The molecule has 4 heteroatoms. The van der Waals surface area contributed by atoms with Crippen molar-refractivity contribution in [2.45, 2.75) is 12.5 Å². The van der Waals surface area contributed by atoms with Crippen LogP contribution in [0.3, 0.4) is 0 Å². The molecule has 1 atom stereocenters. The number of para-hydroxylation sites is 1. The van der Waals surface area contributed by atoms with Crippen molar-refractivity contribution in [3.8, 4) is 5.75 Å². The Hall–Kier alpha value is -1.55. The van der Waals surface area contributed by atoms with Crippen LogP contribution in [0, 0.1) is 0 Å². The minimum Gasteiger partial charge on any atom is -0.410 e. The third-order valence-corrected chi connectivity index (χ3v) is 2.68. The quantitative estimate of drug-likeness (QED) is 0.765. The van der Waals surface area contributed by atoms with Gasteiger partial charge in [0.25, 0.3) is 0 Å². The van der Waals surface area contributed by atoms with Crippen molar-refractivity contribution in [1.82, 2.24) is 4.90 Å². The summed E-state index contributed by atoms with van der Waals surface area (Å²) in [6.45, 7) is 1.31. The van der Waals surface area contributed by atoms with Gasteiger partial charge >= 0.3 is 6.09 Å². The van der Waals surface area contributed by atoms with Crippen LogP contribution in [0.1, 0.15) is 6.42 Å². The summed E-state index contributed by atoms with van der Waals surface area (Å²) < 4.78 is 10.4. The number of likely N-dealkylation sites (tertiary alicyclic amines) is 1. The van der Waals surface area contributed by atoms with Gasteiger partial charge in [0.2, 0.25) is 0 Å². The number of ether oxygens (including phenoxy) is 2. The van der Waals surface area contributed by atoms with E-state index in [4.69, 9.17) is 9.47 Å². The standard InChI is InChI=1S/C12H15NO3/c1-15-11-7-8-13(9-11)12(14)16-10-5-3-2-4-6-10/h2-6,11H,7-9H2,1H3. The highest BCUT2D eigenvalue weighted by Gasteiger charge is 2.27. The van der Waals surface area contributed by atoms with E-state index in [1.54, 1.807) is 24.1 Å². The smallest absolute Gasteiger partial charge is 0.410 e. The summed E-state index contributed by atoms with van der Waals surface area (Å²) >= 11 is 0. The first-order valence-corrected chi connectivity index (χ1v) is 5.34. The highest BCUT2D eigenvalue weighted by Crippen LogP contribution is 2.15. The van der Waals surface area contributed by atoms with Gasteiger partial charge in [0.1, 0.15) is 5.75 Å². The average molecular weight is 221 g/mol. The molecule has 86 valence electrons. The predicted octanol–water partition coefficient (Wildman–Crippen LogP) is 1.91. The topological polar surface area (TPSA) is 38.8 Å². The van der Waals surface area contributed by atoms with E-state index in [1.807, 2.05) is 18.2 Å². The zero-order chi connectivity index (χ0) is 11.4. The van der Waals surface area contributed by atoms with Gasteiger partial charge in [-0.05, 0) is 18.6 Å². The van der Waals surface area contributed by atoms with Crippen molar-refractivity contribution >= 4 is 6.09 Å². The van der Waals surface area contributed by atoms with Crippen molar-refractivity contribution in [1.29, 1.82) is 0 Å². The molecule has 1 aromatic rings. The molecular formula is C12H15NO3. The van der Waals surface area contributed by atoms with Crippen molar-refractivity contribution in [2.75, 3.05) is 20.2 Å². The van der Waals surface area contributed by atoms with E-state index < -0.39 is 0 Å². The zero-order valence-corrected chi connectivity index (χ0v) is 9.26. The molecule has 1 aliphatic heterocycles. The molecule has 1 aliphatic rings. The van der Waals surface area contributed by atoms with E-state index >= 15 is 0 Å². The van der Waals surface area contributed by atoms with Crippen LogP contribution in [0.25, 0.3) is 0 Å². The lowest BCUT2D eigenvalue weighted by Crippen LogP contribution is -2.32. The molecule has 0 N–H and O–H groups in total. The maximum absolute atomic E-state index is 11.7. The molecule has 1 fully saturated rings. The molecular weight excluding hydrogens is 206 g/mol. The maximum Gasteiger partial charge on any atom is 0.415 e. The molecule has 4 nitrogen and oxygen atoms in total. The van der Waals surface area contributed by atoms with E-state index in [1.165, 1.54) is 0 Å². The second-order valence-electron chi connectivity index (χ2n) is 3.77. The summed E-state index contributed by atoms with van der Waals surface area (Å²) in [6, 6.07) is 9.09. The summed E-state index contributed by atoms with van der Waals surface area (Å²) in [5.74, 6) is 0.577. The number of benzene rings is 1. The van der Waals surface area contributed by atoms with Crippen LogP contribution in [-0.4, -0.2) is 37.3 Å². The molecule has 0 aliphatic carbocycles. The second kappa shape index (κ2) is 4.99. The van der Waals surface area contributed by atoms with Crippen molar-refractivity contribution in [3.05, 3.63) is 30.3 Å². The summed E-state index contributed by atoms with van der Waals surface area (Å²) in [5.41, 5.74) is 0. The van der Waals surface area contributed by atoms with Crippen LogP contribution >= 0.6 is 0 Å². The molecule has 1 heterocycles. The normalized spacial score (nSPS) is 19.8. The maximum atomic E-state index is 11.7. The summed E-state index contributed by atoms with van der Waals surface area (Å²) in [4.78, 5) is 13.4. The minimum absolute atomic E-state index is 0.142. The monoisotopic (exact) mass is 221 g/mol. The number of rotatable bonds is 2. The fourth-order valence-electron chi connectivity index (χ4n) is 1.74. The zero-order valence-electron chi connectivity index (χ0n) is 9.26. The van der Waals surface area contributed by atoms with Gasteiger partial charge in [0, 0.05) is 13.7 Å². The van der Waals surface area contributed by atoms with Crippen molar-refractivity contribution in [2.24, 2.45) is 0 Å². The van der Waals surface area contributed by atoms with Gasteiger partial charge in [0.05, 0.1) is 12.6 Å². The van der Waals surface area contributed by atoms with E-state index in [9.17, 15) is 4.79 Å². The molecule has 16 heavy (non-hydrogen) atoms. The number of amides is 1. The molecule has 1 unspecified atom stereocenters. The Balaban J connectivity index is 1.90. The summed E-state index contributed by atoms with van der Waals surface area (Å²) in [6.07, 6.45) is 0.717. The molecule has 1 amide bonds. The van der Waals surface area contributed by atoms with Crippen LogP contribution in [0.5, 0.6) is 5.75 Å². The third-order valence-electron chi connectivity index (χ3n) is 2.68. The molecule has 0 bridgehead atoms. The number of carbonyl (C=O) groups excluding carboxylic acids is 1. The molecule has 2 rings (SSSR count). The lowest BCUT2D eigenvalue weighted by atomic mass is 10.3.